The summed E-state index contributed by atoms with van der Waals surface area (Å²) >= 11 is 0. The van der Waals surface area contributed by atoms with Gasteiger partial charge in [-0.25, -0.2) is 0 Å². The molecule has 2 amide bonds. The van der Waals surface area contributed by atoms with Crippen molar-refractivity contribution in [2.24, 2.45) is 5.41 Å². The van der Waals surface area contributed by atoms with Gasteiger partial charge in [0.05, 0.1) is 12.0 Å². The molecule has 2 rings (SSSR count). The van der Waals surface area contributed by atoms with Crippen LogP contribution in [0, 0.1) is 5.41 Å². The second kappa shape index (κ2) is 5.88. The average molecular weight is 268 g/mol. The molecule has 2 saturated heterocycles. The number of carbonyl (C=O) groups is 2. The highest BCUT2D eigenvalue weighted by atomic mass is 16.2. The van der Waals surface area contributed by atoms with Gasteiger partial charge in [0.15, 0.2) is 0 Å². The van der Waals surface area contributed by atoms with E-state index in [1.165, 1.54) is 0 Å². The Morgan fingerprint density at radius 2 is 1.95 bits per heavy atom. The van der Waals surface area contributed by atoms with E-state index in [2.05, 4.69) is 15.5 Å². The first-order valence-corrected chi connectivity index (χ1v) is 6.98. The van der Waals surface area contributed by atoms with Crippen LogP contribution < -0.4 is 10.6 Å². The van der Waals surface area contributed by atoms with Crippen molar-refractivity contribution in [3.05, 3.63) is 0 Å². The van der Waals surface area contributed by atoms with Crippen LogP contribution >= 0.6 is 0 Å². The van der Waals surface area contributed by atoms with E-state index in [-0.39, 0.29) is 11.8 Å². The standard InChI is InChI=1S/C13H24N4O2/c1-13(12(19)14-2)3-6-17(10-13)11(18)9-16-7-4-15-5-8-16/h15H,3-10H2,1-2H3,(H,14,19). The molecule has 0 aromatic rings. The van der Waals surface area contributed by atoms with Crippen molar-refractivity contribution in [3.63, 3.8) is 0 Å². The number of nitrogens with zero attached hydrogens (tertiary/aromatic N) is 2. The molecular formula is C13H24N4O2. The van der Waals surface area contributed by atoms with Gasteiger partial charge in [-0.2, -0.15) is 0 Å². The Morgan fingerprint density at radius 1 is 1.26 bits per heavy atom. The van der Waals surface area contributed by atoms with E-state index in [9.17, 15) is 9.59 Å². The molecule has 2 N–H and O–H groups in total. The predicted octanol–water partition coefficient (Wildman–Crippen LogP) is -1.12. The largest absolute Gasteiger partial charge is 0.359 e. The SMILES string of the molecule is CNC(=O)C1(C)CCN(C(=O)CN2CCNCC2)C1. The lowest BCUT2D eigenvalue weighted by molar-refractivity contribution is -0.133. The van der Waals surface area contributed by atoms with Crippen LogP contribution in [0.1, 0.15) is 13.3 Å². The number of rotatable bonds is 3. The minimum atomic E-state index is -0.423. The number of hydrogen-bond donors (Lipinski definition) is 2. The van der Waals surface area contributed by atoms with E-state index in [4.69, 9.17) is 0 Å². The van der Waals surface area contributed by atoms with Crippen molar-refractivity contribution in [1.29, 1.82) is 0 Å². The summed E-state index contributed by atoms with van der Waals surface area (Å²) in [7, 11) is 1.65. The van der Waals surface area contributed by atoms with Crippen molar-refractivity contribution in [2.75, 3.05) is 52.9 Å². The molecule has 2 heterocycles. The number of nitrogens with one attached hydrogen (secondary N) is 2. The van der Waals surface area contributed by atoms with Gasteiger partial charge >= 0.3 is 0 Å². The van der Waals surface area contributed by atoms with Crippen LogP contribution in [0.25, 0.3) is 0 Å². The minimum absolute atomic E-state index is 0.0324. The topological polar surface area (TPSA) is 64.7 Å². The molecule has 0 aliphatic carbocycles. The highest BCUT2D eigenvalue weighted by molar-refractivity contribution is 5.85. The Bertz CT molecular complexity index is 355. The Hall–Kier alpha value is -1.14. The summed E-state index contributed by atoms with van der Waals surface area (Å²) in [5, 5.41) is 5.97. The maximum Gasteiger partial charge on any atom is 0.236 e. The normalized spacial score (nSPS) is 28.4. The first-order chi connectivity index (χ1) is 9.05. The van der Waals surface area contributed by atoms with E-state index < -0.39 is 5.41 Å². The molecule has 108 valence electrons. The Balaban J connectivity index is 1.86. The molecular weight excluding hydrogens is 244 g/mol. The molecule has 0 spiro atoms. The Morgan fingerprint density at radius 3 is 2.58 bits per heavy atom. The lowest BCUT2D eigenvalue weighted by atomic mass is 9.89. The van der Waals surface area contributed by atoms with E-state index in [1.807, 2.05) is 11.8 Å². The van der Waals surface area contributed by atoms with Crippen LogP contribution in [-0.4, -0.2) is 74.5 Å². The van der Waals surface area contributed by atoms with Gasteiger partial charge in [0.1, 0.15) is 0 Å². The zero-order valence-electron chi connectivity index (χ0n) is 11.9. The van der Waals surface area contributed by atoms with E-state index in [1.54, 1.807) is 7.05 Å². The maximum absolute atomic E-state index is 12.2. The summed E-state index contributed by atoms with van der Waals surface area (Å²) in [6.07, 6.45) is 0.750. The molecule has 0 saturated carbocycles. The van der Waals surface area contributed by atoms with Gasteiger partial charge in [-0.05, 0) is 13.3 Å². The summed E-state index contributed by atoms with van der Waals surface area (Å²) in [6.45, 7) is 7.38. The molecule has 0 bridgehead atoms. The van der Waals surface area contributed by atoms with Crippen LogP contribution in [0.2, 0.25) is 0 Å². The molecule has 1 unspecified atom stereocenters. The smallest absolute Gasteiger partial charge is 0.236 e. The third kappa shape index (κ3) is 3.25. The molecule has 6 heteroatoms. The second-order valence-electron chi connectivity index (χ2n) is 5.73. The molecule has 2 aliphatic rings. The summed E-state index contributed by atoms with van der Waals surface area (Å²) in [4.78, 5) is 28.1. The zero-order valence-corrected chi connectivity index (χ0v) is 11.9. The summed E-state index contributed by atoms with van der Waals surface area (Å²) in [5.74, 6) is 0.180. The Kier molecular flexibility index (Phi) is 4.42. The third-order valence-corrected chi connectivity index (χ3v) is 4.17. The summed E-state index contributed by atoms with van der Waals surface area (Å²) < 4.78 is 0. The lowest BCUT2D eigenvalue weighted by Gasteiger charge is -2.29. The molecule has 0 radical (unpaired) electrons. The fourth-order valence-electron chi connectivity index (χ4n) is 2.82. The first kappa shape index (κ1) is 14.3. The van der Waals surface area contributed by atoms with Gasteiger partial charge < -0.3 is 15.5 Å². The number of carbonyl (C=O) groups excluding carboxylic acids is 2. The molecule has 0 aromatic heterocycles. The van der Waals surface area contributed by atoms with Crippen LogP contribution in [0.15, 0.2) is 0 Å². The predicted molar refractivity (Wildman–Crippen MR) is 72.7 cm³/mol. The molecule has 6 nitrogen and oxygen atoms in total. The summed E-state index contributed by atoms with van der Waals surface area (Å²) in [5.41, 5.74) is -0.423. The fraction of sp³-hybridized carbons (Fsp3) is 0.846. The van der Waals surface area contributed by atoms with Crippen molar-refractivity contribution < 1.29 is 9.59 Å². The average Bonchev–Trinajstić information content (AvgIpc) is 2.83. The highest BCUT2D eigenvalue weighted by Gasteiger charge is 2.41. The quantitative estimate of drug-likeness (QED) is 0.680. The van der Waals surface area contributed by atoms with Crippen molar-refractivity contribution >= 4 is 11.8 Å². The van der Waals surface area contributed by atoms with Crippen LogP contribution in [0.4, 0.5) is 0 Å². The highest BCUT2D eigenvalue weighted by Crippen LogP contribution is 2.30. The molecule has 0 aromatic carbocycles. The number of hydrogen-bond acceptors (Lipinski definition) is 4. The van der Waals surface area contributed by atoms with Crippen LogP contribution in [-0.2, 0) is 9.59 Å². The van der Waals surface area contributed by atoms with E-state index in [0.29, 0.717) is 19.6 Å². The van der Waals surface area contributed by atoms with E-state index in [0.717, 1.165) is 32.6 Å². The Labute approximate surface area is 114 Å². The lowest BCUT2D eigenvalue weighted by Crippen LogP contribution is -2.48. The van der Waals surface area contributed by atoms with Crippen LogP contribution in [0.3, 0.4) is 0 Å². The second-order valence-corrected chi connectivity index (χ2v) is 5.73. The van der Waals surface area contributed by atoms with Crippen molar-refractivity contribution in [1.82, 2.24) is 20.4 Å². The van der Waals surface area contributed by atoms with E-state index >= 15 is 0 Å². The molecule has 2 fully saturated rings. The third-order valence-electron chi connectivity index (χ3n) is 4.17. The number of likely N-dealkylation sites (tertiary alicyclic amines) is 1. The van der Waals surface area contributed by atoms with Crippen molar-refractivity contribution in [3.8, 4) is 0 Å². The van der Waals surface area contributed by atoms with Gasteiger partial charge in [-0.3, -0.25) is 14.5 Å². The van der Waals surface area contributed by atoms with Gasteiger partial charge in [-0.15, -0.1) is 0 Å². The van der Waals surface area contributed by atoms with Gasteiger partial charge in [0.25, 0.3) is 0 Å². The number of amides is 2. The van der Waals surface area contributed by atoms with Gasteiger partial charge in [-0.1, -0.05) is 0 Å². The minimum Gasteiger partial charge on any atom is -0.359 e. The van der Waals surface area contributed by atoms with Crippen LogP contribution in [0.5, 0.6) is 0 Å². The van der Waals surface area contributed by atoms with Gasteiger partial charge in [0.2, 0.25) is 11.8 Å². The van der Waals surface area contributed by atoms with Crippen molar-refractivity contribution in [2.45, 2.75) is 13.3 Å². The fourth-order valence-corrected chi connectivity index (χ4v) is 2.82. The monoisotopic (exact) mass is 268 g/mol. The van der Waals surface area contributed by atoms with Gasteiger partial charge in [0, 0.05) is 46.3 Å². The molecule has 2 aliphatic heterocycles. The maximum atomic E-state index is 12.2. The molecule has 19 heavy (non-hydrogen) atoms. The molecule has 1 atom stereocenters. The summed E-state index contributed by atoms with van der Waals surface area (Å²) in [6, 6.07) is 0. The zero-order chi connectivity index (χ0) is 13.9. The number of piperazine rings is 1. The first-order valence-electron chi connectivity index (χ1n) is 6.98.